The van der Waals surface area contributed by atoms with E-state index < -0.39 is 0 Å². The number of hydrogen-bond acceptors (Lipinski definition) is 2. The molecule has 0 spiro atoms. The van der Waals surface area contributed by atoms with Crippen molar-refractivity contribution in [2.45, 2.75) is 0 Å². The van der Waals surface area contributed by atoms with Crippen molar-refractivity contribution >= 4 is 7.69 Å². The third-order valence-corrected chi connectivity index (χ3v) is 4.53. The molecule has 27 heavy (non-hydrogen) atoms. The van der Waals surface area contributed by atoms with E-state index in [0.29, 0.717) is 13.4 Å². The molecule has 0 unspecified atom stereocenters. The van der Waals surface area contributed by atoms with Crippen LogP contribution in [-0.2, 0) is 0 Å². The molecule has 0 fully saturated rings. The first-order valence-electron chi connectivity index (χ1n) is 8.82. The van der Waals surface area contributed by atoms with Crippen molar-refractivity contribution in [2.75, 3.05) is 0 Å². The molecule has 1 N–H and O–H groups in total. The fraction of sp³-hybridized carbons (Fsp3) is 0. The van der Waals surface area contributed by atoms with E-state index in [2.05, 4.69) is 54.6 Å². The molecule has 2 nitrogen and oxygen atoms in total. The van der Waals surface area contributed by atoms with Gasteiger partial charge in [0.25, 0.3) is 0 Å². The van der Waals surface area contributed by atoms with Crippen LogP contribution in [0.2, 0.25) is 0 Å². The van der Waals surface area contributed by atoms with Gasteiger partial charge in [-0.05, 0) is 51.6 Å². The Hall–Kier alpha value is -3.30. The summed E-state index contributed by atoms with van der Waals surface area (Å²) >= 11 is 0. The summed E-state index contributed by atoms with van der Waals surface area (Å²) in [6, 6.07) is 34.9. The van der Waals surface area contributed by atoms with Crippen molar-refractivity contribution in [2.24, 2.45) is 0 Å². The van der Waals surface area contributed by atoms with Crippen molar-refractivity contribution in [3.8, 4) is 39.1 Å². The predicted molar refractivity (Wildman–Crippen MR) is 111 cm³/mol. The van der Waals surface area contributed by atoms with E-state index in [1.54, 1.807) is 0 Å². The highest BCUT2D eigenvalue weighted by atomic mass is 16.5. The standard InChI is InChI=1S/C24H18BO2/c26-25-27-24-16-22(19-9-5-2-6-10-19)15-23(17-24)21-13-11-20(12-14-21)18-7-3-1-4-8-18/h1-17,26H. The fourth-order valence-corrected chi connectivity index (χ4v) is 3.18. The maximum atomic E-state index is 9.06. The Morgan fingerprint density at radius 3 is 1.37 bits per heavy atom. The summed E-state index contributed by atoms with van der Waals surface area (Å²) in [4.78, 5) is 0. The largest absolute Gasteiger partial charge is 0.569 e. The van der Waals surface area contributed by atoms with Gasteiger partial charge in [0.1, 0.15) is 5.75 Å². The van der Waals surface area contributed by atoms with E-state index in [4.69, 9.17) is 9.68 Å². The SMILES string of the molecule is O[B]Oc1cc(-c2ccccc2)cc(-c2ccc(-c3ccccc3)cc2)c1. The molecule has 1 radical (unpaired) electrons. The number of benzene rings is 4. The van der Waals surface area contributed by atoms with E-state index in [0.717, 1.165) is 22.3 Å². The van der Waals surface area contributed by atoms with E-state index in [1.165, 1.54) is 11.1 Å². The monoisotopic (exact) mass is 349 g/mol. The van der Waals surface area contributed by atoms with Crippen LogP contribution in [-0.4, -0.2) is 12.7 Å². The van der Waals surface area contributed by atoms with Crippen LogP contribution in [0.3, 0.4) is 0 Å². The highest BCUT2D eigenvalue weighted by Crippen LogP contribution is 2.32. The lowest BCUT2D eigenvalue weighted by Crippen LogP contribution is -2.00. The first kappa shape index (κ1) is 17.1. The molecule has 0 heterocycles. The Bertz CT molecular complexity index is 1010. The van der Waals surface area contributed by atoms with Gasteiger partial charge in [-0.2, -0.15) is 0 Å². The number of hydrogen-bond donors (Lipinski definition) is 1. The van der Waals surface area contributed by atoms with Crippen molar-refractivity contribution in [1.82, 2.24) is 0 Å². The summed E-state index contributed by atoms with van der Waals surface area (Å²) < 4.78 is 5.25. The van der Waals surface area contributed by atoms with Gasteiger partial charge in [-0.3, -0.25) is 0 Å². The Labute approximate surface area is 160 Å². The summed E-state index contributed by atoms with van der Waals surface area (Å²) in [5.41, 5.74) is 6.64. The molecule has 0 amide bonds. The zero-order valence-corrected chi connectivity index (χ0v) is 14.7. The van der Waals surface area contributed by atoms with E-state index in [1.807, 2.05) is 48.5 Å². The average molecular weight is 349 g/mol. The van der Waals surface area contributed by atoms with Gasteiger partial charge in [-0.15, -0.1) is 0 Å². The topological polar surface area (TPSA) is 29.5 Å². The van der Waals surface area contributed by atoms with Crippen LogP contribution in [0.5, 0.6) is 5.75 Å². The second kappa shape index (κ2) is 7.94. The summed E-state index contributed by atoms with van der Waals surface area (Å²) in [5, 5.41) is 9.06. The Balaban J connectivity index is 1.73. The summed E-state index contributed by atoms with van der Waals surface area (Å²) in [6.07, 6.45) is 0. The minimum absolute atomic E-state index is 0.598. The zero-order valence-electron chi connectivity index (χ0n) is 14.7. The van der Waals surface area contributed by atoms with E-state index in [-0.39, 0.29) is 0 Å². The van der Waals surface area contributed by atoms with Gasteiger partial charge in [-0.1, -0.05) is 84.9 Å². The molecule has 0 atom stereocenters. The molecule has 0 aliphatic rings. The third-order valence-electron chi connectivity index (χ3n) is 4.53. The van der Waals surface area contributed by atoms with Crippen LogP contribution in [0, 0.1) is 0 Å². The van der Waals surface area contributed by atoms with Crippen LogP contribution in [0.15, 0.2) is 103 Å². The molecule has 0 aromatic heterocycles. The fourth-order valence-electron chi connectivity index (χ4n) is 3.18. The lowest BCUT2D eigenvalue weighted by Gasteiger charge is -2.11. The van der Waals surface area contributed by atoms with Gasteiger partial charge in [-0.25, -0.2) is 0 Å². The predicted octanol–water partition coefficient (Wildman–Crippen LogP) is 5.59. The van der Waals surface area contributed by atoms with Crippen LogP contribution in [0.1, 0.15) is 0 Å². The average Bonchev–Trinajstić information content (AvgIpc) is 2.75. The van der Waals surface area contributed by atoms with Gasteiger partial charge >= 0.3 is 7.69 Å². The van der Waals surface area contributed by atoms with Gasteiger partial charge < -0.3 is 9.68 Å². The van der Waals surface area contributed by atoms with Crippen molar-refractivity contribution in [3.05, 3.63) is 103 Å². The van der Waals surface area contributed by atoms with Crippen LogP contribution >= 0.6 is 0 Å². The van der Waals surface area contributed by atoms with Crippen molar-refractivity contribution in [3.63, 3.8) is 0 Å². The third kappa shape index (κ3) is 3.94. The molecule has 0 bridgehead atoms. The summed E-state index contributed by atoms with van der Waals surface area (Å²) in [6.45, 7) is 0. The molecule has 4 rings (SSSR count). The van der Waals surface area contributed by atoms with Crippen LogP contribution < -0.4 is 4.65 Å². The first-order chi connectivity index (χ1) is 13.3. The molecule has 0 aliphatic heterocycles. The van der Waals surface area contributed by atoms with Gasteiger partial charge in [0.05, 0.1) is 0 Å². The van der Waals surface area contributed by atoms with Gasteiger partial charge in [0, 0.05) is 0 Å². The molecule has 3 heteroatoms. The minimum atomic E-state index is 0.598. The van der Waals surface area contributed by atoms with Crippen LogP contribution in [0.25, 0.3) is 33.4 Å². The smallest absolute Gasteiger partial charge is 0.537 e. The van der Waals surface area contributed by atoms with E-state index >= 15 is 0 Å². The van der Waals surface area contributed by atoms with Gasteiger partial charge in [0.15, 0.2) is 0 Å². The maximum Gasteiger partial charge on any atom is 0.569 e. The second-order valence-electron chi connectivity index (χ2n) is 6.28. The molecule has 4 aromatic carbocycles. The molecular weight excluding hydrogens is 331 g/mol. The van der Waals surface area contributed by atoms with Crippen LogP contribution in [0.4, 0.5) is 0 Å². The lowest BCUT2D eigenvalue weighted by molar-refractivity contribution is 0.454. The molecule has 0 saturated carbocycles. The number of rotatable bonds is 5. The summed E-state index contributed by atoms with van der Waals surface area (Å²) in [7, 11) is 0.715. The van der Waals surface area contributed by atoms with Crippen molar-refractivity contribution < 1.29 is 9.68 Å². The highest BCUT2D eigenvalue weighted by molar-refractivity contribution is 6.17. The Kier molecular flexibility index (Phi) is 5.04. The normalized spacial score (nSPS) is 10.4. The quantitative estimate of drug-likeness (QED) is 0.476. The minimum Gasteiger partial charge on any atom is -0.537 e. The second-order valence-corrected chi connectivity index (χ2v) is 6.28. The summed E-state index contributed by atoms with van der Waals surface area (Å²) in [5.74, 6) is 0.598. The van der Waals surface area contributed by atoms with Crippen molar-refractivity contribution in [1.29, 1.82) is 0 Å². The maximum absolute atomic E-state index is 9.06. The Morgan fingerprint density at radius 2 is 0.889 bits per heavy atom. The molecule has 0 saturated heterocycles. The molecule has 4 aromatic rings. The molecule has 0 aliphatic carbocycles. The molecular formula is C24H18BO2. The van der Waals surface area contributed by atoms with Gasteiger partial charge in [0.2, 0.25) is 0 Å². The zero-order chi connectivity index (χ0) is 18.5. The van der Waals surface area contributed by atoms with E-state index in [9.17, 15) is 0 Å². The Morgan fingerprint density at radius 1 is 0.481 bits per heavy atom. The molecule has 129 valence electrons. The first-order valence-corrected chi connectivity index (χ1v) is 8.82. The highest BCUT2D eigenvalue weighted by Gasteiger charge is 2.07. The lowest BCUT2D eigenvalue weighted by atomic mass is 9.96.